The summed E-state index contributed by atoms with van der Waals surface area (Å²) in [7, 11) is 1.67. The molecule has 1 fully saturated rings. The molecule has 3 atom stereocenters. The first-order chi connectivity index (χ1) is 12.6. The van der Waals surface area contributed by atoms with Gasteiger partial charge in [-0.15, -0.1) is 5.10 Å². The van der Waals surface area contributed by atoms with Gasteiger partial charge in [-0.3, -0.25) is 4.79 Å². The largest absolute Gasteiger partial charge is 0.389 e. The Labute approximate surface area is 148 Å². The van der Waals surface area contributed by atoms with Crippen molar-refractivity contribution in [3.8, 4) is 0 Å². The van der Waals surface area contributed by atoms with Gasteiger partial charge in [-0.25, -0.2) is 15.0 Å². The van der Waals surface area contributed by atoms with Gasteiger partial charge in [0.2, 0.25) is 0 Å². The summed E-state index contributed by atoms with van der Waals surface area (Å²) in [6.45, 7) is 0. The number of nitrogens with two attached hydrogens (primary N) is 1. The fraction of sp³-hybridized carbons (Fsp3) is 0.375. The van der Waals surface area contributed by atoms with Gasteiger partial charge in [-0.05, 0) is 25.0 Å². The summed E-state index contributed by atoms with van der Waals surface area (Å²) in [5.74, 6) is 0.0255. The van der Waals surface area contributed by atoms with Crippen LogP contribution in [-0.4, -0.2) is 64.8 Å². The van der Waals surface area contributed by atoms with Gasteiger partial charge in [0.05, 0.1) is 24.5 Å². The summed E-state index contributed by atoms with van der Waals surface area (Å²) in [5, 5.41) is 18.4. The van der Waals surface area contributed by atoms with E-state index in [1.807, 2.05) is 0 Å². The van der Waals surface area contributed by atoms with Crippen LogP contribution in [0.3, 0.4) is 0 Å². The third-order valence-electron chi connectivity index (χ3n) is 4.90. The smallest absolute Gasteiger partial charge is 0.274 e. The lowest BCUT2D eigenvalue weighted by Gasteiger charge is -2.28. The first-order valence-corrected chi connectivity index (χ1v) is 8.24. The SMILES string of the molecule is CN(C(=O)c1cccnn1)[C@@H]1CC[C@H](n2cnc3c(N)ncnc32)[C@H]1O. The van der Waals surface area contributed by atoms with Crippen molar-refractivity contribution in [2.45, 2.75) is 31.0 Å². The molecule has 1 aliphatic carbocycles. The fourth-order valence-electron chi connectivity index (χ4n) is 3.53. The average molecular weight is 354 g/mol. The highest BCUT2D eigenvalue weighted by Crippen LogP contribution is 2.35. The Balaban J connectivity index is 1.59. The highest BCUT2D eigenvalue weighted by atomic mass is 16.3. The van der Waals surface area contributed by atoms with E-state index in [-0.39, 0.29) is 23.7 Å². The Morgan fingerprint density at radius 1 is 1.35 bits per heavy atom. The molecule has 10 heteroatoms. The standard InChI is InChI=1S/C16H18N8O2/c1-23(16(26)9-3-2-6-21-22-9)10-4-5-11(13(10)25)24-8-20-12-14(17)18-7-19-15(12)24/h2-3,6-8,10-11,13,25H,4-5H2,1H3,(H2,17,18,19)/t10-,11+,13+/m1/s1. The number of rotatable bonds is 3. The zero-order chi connectivity index (χ0) is 18.3. The Morgan fingerprint density at radius 3 is 2.96 bits per heavy atom. The van der Waals surface area contributed by atoms with Crippen LogP contribution in [-0.2, 0) is 0 Å². The van der Waals surface area contributed by atoms with Crippen LogP contribution in [0, 0.1) is 0 Å². The van der Waals surface area contributed by atoms with E-state index in [4.69, 9.17) is 5.73 Å². The average Bonchev–Trinajstić information content (AvgIpc) is 3.25. The predicted molar refractivity (Wildman–Crippen MR) is 91.9 cm³/mol. The second kappa shape index (κ2) is 6.30. The number of anilines is 1. The minimum absolute atomic E-state index is 0.249. The summed E-state index contributed by atoms with van der Waals surface area (Å²) in [4.78, 5) is 26.5. The van der Waals surface area contributed by atoms with Gasteiger partial charge in [-0.1, -0.05) is 0 Å². The number of hydrogen-bond donors (Lipinski definition) is 2. The van der Waals surface area contributed by atoms with Crippen molar-refractivity contribution in [2.75, 3.05) is 12.8 Å². The molecular weight excluding hydrogens is 336 g/mol. The minimum Gasteiger partial charge on any atom is -0.389 e. The maximum atomic E-state index is 12.6. The molecule has 26 heavy (non-hydrogen) atoms. The van der Waals surface area contributed by atoms with Gasteiger partial charge in [0.15, 0.2) is 17.2 Å². The Morgan fingerprint density at radius 2 is 2.19 bits per heavy atom. The highest BCUT2D eigenvalue weighted by molar-refractivity contribution is 5.92. The number of carbonyl (C=O) groups is 1. The summed E-state index contributed by atoms with van der Waals surface area (Å²) in [6.07, 6.45) is 5.05. The van der Waals surface area contributed by atoms with Gasteiger partial charge in [-0.2, -0.15) is 5.10 Å². The quantitative estimate of drug-likeness (QED) is 0.672. The summed E-state index contributed by atoms with van der Waals surface area (Å²) in [6, 6.07) is 2.67. The number of aliphatic hydroxyl groups is 1. The van der Waals surface area contributed by atoms with Gasteiger partial charge in [0.25, 0.3) is 5.91 Å². The lowest BCUT2D eigenvalue weighted by atomic mass is 10.1. The molecule has 4 rings (SSSR count). The monoisotopic (exact) mass is 354 g/mol. The van der Waals surface area contributed by atoms with Crippen LogP contribution < -0.4 is 5.73 Å². The molecule has 1 saturated carbocycles. The van der Waals surface area contributed by atoms with Crippen molar-refractivity contribution in [1.29, 1.82) is 0 Å². The van der Waals surface area contributed by atoms with Crippen molar-refractivity contribution < 1.29 is 9.90 Å². The molecule has 3 N–H and O–H groups in total. The maximum Gasteiger partial charge on any atom is 0.274 e. The summed E-state index contributed by atoms with van der Waals surface area (Å²) >= 11 is 0. The van der Waals surface area contributed by atoms with E-state index in [1.54, 1.807) is 30.1 Å². The van der Waals surface area contributed by atoms with Crippen LogP contribution in [0.25, 0.3) is 11.2 Å². The molecule has 0 unspecified atom stereocenters. The van der Waals surface area contributed by atoms with Crippen LogP contribution in [0.5, 0.6) is 0 Å². The molecule has 3 heterocycles. The number of aliphatic hydroxyl groups excluding tert-OH is 1. The number of likely N-dealkylation sites (N-methyl/N-ethyl adjacent to an activating group) is 1. The fourth-order valence-corrected chi connectivity index (χ4v) is 3.53. The van der Waals surface area contributed by atoms with E-state index in [0.717, 1.165) is 0 Å². The zero-order valence-corrected chi connectivity index (χ0v) is 14.1. The van der Waals surface area contributed by atoms with E-state index in [2.05, 4.69) is 25.1 Å². The molecular formula is C16H18N8O2. The number of carbonyl (C=O) groups excluding carboxylic acids is 1. The molecule has 0 bridgehead atoms. The first kappa shape index (κ1) is 16.3. The van der Waals surface area contributed by atoms with Crippen LogP contribution in [0.2, 0.25) is 0 Å². The van der Waals surface area contributed by atoms with Gasteiger partial charge in [0.1, 0.15) is 11.8 Å². The van der Waals surface area contributed by atoms with E-state index in [9.17, 15) is 9.90 Å². The molecule has 0 spiro atoms. The van der Waals surface area contributed by atoms with Crippen LogP contribution in [0.4, 0.5) is 5.82 Å². The van der Waals surface area contributed by atoms with Crippen molar-refractivity contribution in [3.05, 3.63) is 36.7 Å². The minimum atomic E-state index is -0.769. The Hall–Kier alpha value is -3.14. The van der Waals surface area contributed by atoms with E-state index >= 15 is 0 Å². The Bertz CT molecular complexity index is 944. The molecule has 1 aliphatic rings. The molecule has 134 valence electrons. The van der Waals surface area contributed by atoms with Crippen molar-refractivity contribution in [1.82, 2.24) is 34.6 Å². The third-order valence-corrected chi connectivity index (χ3v) is 4.90. The van der Waals surface area contributed by atoms with E-state index in [1.165, 1.54) is 17.4 Å². The number of nitrogen functional groups attached to an aromatic ring is 1. The van der Waals surface area contributed by atoms with Crippen molar-refractivity contribution >= 4 is 22.9 Å². The Kier molecular flexibility index (Phi) is 3.96. The van der Waals surface area contributed by atoms with Gasteiger partial charge < -0.3 is 20.3 Å². The number of amides is 1. The molecule has 0 radical (unpaired) electrons. The molecule has 1 amide bonds. The molecule has 10 nitrogen and oxygen atoms in total. The summed E-state index contributed by atoms with van der Waals surface area (Å²) < 4.78 is 1.80. The first-order valence-electron chi connectivity index (χ1n) is 8.24. The number of nitrogens with zero attached hydrogens (tertiary/aromatic N) is 7. The van der Waals surface area contributed by atoms with Crippen LogP contribution in [0.1, 0.15) is 29.4 Å². The topological polar surface area (TPSA) is 136 Å². The highest BCUT2D eigenvalue weighted by Gasteiger charge is 2.40. The van der Waals surface area contributed by atoms with E-state index < -0.39 is 6.10 Å². The lowest BCUT2D eigenvalue weighted by Crippen LogP contribution is -2.43. The molecule has 3 aromatic rings. The second-order valence-corrected chi connectivity index (χ2v) is 6.31. The number of imidazole rings is 1. The van der Waals surface area contributed by atoms with Crippen LogP contribution >= 0.6 is 0 Å². The van der Waals surface area contributed by atoms with Crippen LogP contribution in [0.15, 0.2) is 31.0 Å². The van der Waals surface area contributed by atoms with Gasteiger partial charge >= 0.3 is 0 Å². The number of hydrogen-bond acceptors (Lipinski definition) is 8. The number of aromatic nitrogens is 6. The number of fused-ring (bicyclic) bond motifs is 1. The van der Waals surface area contributed by atoms with Crippen molar-refractivity contribution in [3.63, 3.8) is 0 Å². The summed E-state index contributed by atoms with van der Waals surface area (Å²) in [5.41, 5.74) is 7.16. The van der Waals surface area contributed by atoms with Gasteiger partial charge in [0, 0.05) is 13.2 Å². The molecule has 3 aromatic heterocycles. The lowest BCUT2D eigenvalue weighted by molar-refractivity contribution is 0.0441. The predicted octanol–water partition coefficient (Wildman–Crippen LogP) is 0.0351. The molecule has 0 saturated heterocycles. The van der Waals surface area contributed by atoms with E-state index in [0.29, 0.717) is 29.8 Å². The molecule has 0 aromatic carbocycles. The maximum absolute atomic E-state index is 12.6. The normalized spacial score (nSPS) is 22.6. The molecule has 0 aliphatic heterocycles. The van der Waals surface area contributed by atoms with Crippen molar-refractivity contribution in [2.24, 2.45) is 0 Å². The second-order valence-electron chi connectivity index (χ2n) is 6.31. The zero-order valence-electron chi connectivity index (χ0n) is 14.1. The third kappa shape index (κ3) is 2.54.